The zero-order chi connectivity index (χ0) is 21.6. The molecule has 160 valence electrons. The zero-order valence-corrected chi connectivity index (χ0v) is 18.2. The summed E-state index contributed by atoms with van der Waals surface area (Å²) in [4.78, 5) is 16.9. The molecule has 0 unspecified atom stereocenters. The van der Waals surface area contributed by atoms with Crippen molar-refractivity contribution in [1.82, 2.24) is 4.72 Å². The van der Waals surface area contributed by atoms with Gasteiger partial charge in [-0.05, 0) is 44.0 Å². The molecule has 1 heterocycles. The van der Waals surface area contributed by atoms with Gasteiger partial charge in [-0.3, -0.25) is 14.5 Å². The number of amidine groups is 1. The Labute approximate surface area is 181 Å². The van der Waals surface area contributed by atoms with Crippen LogP contribution in [0, 0.1) is 0 Å². The van der Waals surface area contributed by atoms with Crippen molar-refractivity contribution in [3.63, 3.8) is 0 Å². The van der Waals surface area contributed by atoms with Gasteiger partial charge in [0.15, 0.2) is 5.75 Å². The van der Waals surface area contributed by atoms with Crippen LogP contribution in [0.15, 0.2) is 52.4 Å². The minimum atomic E-state index is -3.51. The zero-order valence-electron chi connectivity index (χ0n) is 16.7. The van der Waals surface area contributed by atoms with Gasteiger partial charge in [0.2, 0.25) is 5.91 Å². The average molecular weight is 450 g/mol. The number of amides is 1. The minimum Gasteiger partial charge on any atom is -0.490 e. The summed E-state index contributed by atoms with van der Waals surface area (Å²) < 4.78 is 32.1. The molecule has 0 saturated heterocycles. The van der Waals surface area contributed by atoms with Crippen LogP contribution in [0.4, 0.5) is 5.69 Å². The summed E-state index contributed by atoms with van der Waals surface area (Å²) in [5, 5.41) is 3.30. The smallest absolute Gasteiger partial charge is 0.263 e. The first-order valence-electron chi connectivity index (χ1n) is 9.80. The van der Waals surface area contributed by atoms with Crippen LogP contribution < -0.4 is 14.8 Å². The third-order valence-electron chi connectivity index (χ3n) is 4.52. The highest BCUT2D eigenvalue weighted by atomic mass is 35.5. The maximum atomic E-state index is 12.2. The number of aliphatic imine (C=N–C) groups is 1. The highest BCUT2D eigenvalue weighted by molar-refractivity contribution is 7.90. The van der Waals surface area contributed by atoms with Crippen LogP contribution in [0.5, 0.6) is 5.75 Å². The van der Waals surface area contributed by atoms with Gasteiger partial charge >= 0.3 is 0 Å². The quantitative estimate of drug-likeness (QED) is 0.566. The van der Waals surface area contributed by atoms with Crippen molar-refractivity contribution in [2.24, 2.45) is 4.99 Å². The van der Waals surface area contributed by atoms with E-state index in [4.69, 9.17) is 16.3 Å². The van der Waals surface area contributed by atoms with Crippen molar-refractivity contribution in [3.8, 4) is 5.75 Å². The standard InChI is InChI=1S/C21H24ClN3O4S/c1-2-29-20-16(22)10-8-11-17(20)24-19(26)13-4-3-7-14-23-21-15-9-5-6-12-18(15)30(27,28)25-21/h5-6,8-12H,2-4,7,13-14H2,1H3,(H,23,25)(H,24,26). The average Bonchev–Trinajstić information content (AvgIpc) is 2.98. The maximum absolute atomic E-state index is 12.2. The number of halogens is 1. The summed E-state index contributed by atoms with van der Waals surface area (Å²) in [5.41, 5.74) is 1.16. The Bertz CT molecular complexity index is 1050. The molecule has 1 amide bonds. The molecule has 3 rings (SSSR count). The second-order valence-corrected chi connectivity index (χ2v) is 8.80. The number of benzene rings is 2. The number of unbranched alkanes of at least 4 members (excludes halogenated alkanes) is 2. The summed E-state index contributed by atoms with van der Waals surface area (Å²) in [6.45, 7) is 2.79. The number of sulfonamides is 1. The largest absolute Gasteiger partial charge is 0.490 e. The Morgan fingerprint density at radius 3 is 2.73 bits per heavy atom. The first kappa shape index (κ1) is 22.1. The van der Waals surface area contributed by atoms with Crippen molar-refractivity contribution >= 4 is 39.1 Å². The third-order valence-corrected chi connectivity index (χ3v) is 6.22. The van der Waals surface area contributed by atoms with E-state index in [2.05, 4.69) is 15.0 Å². The van der Waals surface area contributed by atoms with Crippen LogP contribution in [0.1, 0.15) is 38.2 Å². The van der Waals surface area contributed by atoms with Crippen LogP contribution in [0.25, 0.3) is 0 Å². The van der Waals surface area contributed by atoms with Crippen molar-refractivity contribution in [1.29, 1.82) is 0 Å². The number of rotatable bonds is 9. The molecule has 0 spiro atoms. The van der Waals surface area contributed by atoms with Crippen molar-refractivity contribution in [2.75, 3.05) is 18.5 Å². The molecule has 0 bridgehead atoms. The third kappa shape index (κ3) is 5.31. The molecule has 9 heteroatoms. The molecule has 2 aromatic rings. The number of carbonyl (C=O) groups is 1. The van der Waals surface area contributed by atoms with Crippen LogP contribution in [0.2, 0.25) is 5.02 Å². The van der Waals surface area contributed by atoms with Crippen LogP contribution in [-0.4, -0.2) is 33.3 Å². The summed E-state index contributed by atoms with van der Waals surface area (Å²) in [7, 11) is -3.51. The predicted octanol–water partition coefficient (Wildman–Crippen LogP) is 3.98. The van der Waals surface area contributed by atoms with Gasteiger partial charge in [0.1, 0.15) is 5.84 Å². The van der Waals surface area contributed by atoms with Gasteiger partial charge in [-0.25, -0.2) is 8.42 Å². The van der Waals surface area contributed by atoms with Crippen LogP contribution in [-0.2, 0) is 14.8 Å². The lowest BCUT2D eigenvalue weighted by atomic mass is 10.1. The summed E-state index contributed by atoms with van der Waals surface area (Å²) in [5.74, 6) is 0.750. The molecular weight excluding hydrogens is 426 g/mol. The number of hydrogen-bond donors (Lipinski definition) is 2. The van der Waals surface area contributed by atoms with Gasteiger partial charge in [-0.1, -0.05) is 36.2 Å². The molecule has 0 aromatic heterocycles. The van der Waals surface area contributed by atoms with Crippen molar-refractivity contribution < 1.29 is 17.9 Å². The molecule has 1 aliphatic heterocycles. The second-order valence-electron chi connectivity index (χ2n) is 6.74. The van der Waals surface area contributed by atoms with E-state index < -0.39 is 10.0 Å². The highest BCUT2D eigenvalue weighted by Gasteiger charge is 2.29. The summed E-state index contributed by atoms with van der Waals surface area (Å²) >= 11 is 6.12. The minimum absolute atomic E-state index is 0.109. The fraction of sp³-hybridized carbons (Fsp3) is 0.333. The number of para-hydroxylation sites is 1. The molecular formula is C21H24ClN3O4S. The van der Waals surface area contributed by atoms with Gasteiger partial charge < -0.3 is 10.1 Å². The Morgan fingerprint density at radius 2 is 1.93 bits per heavy atom. The number of nitrogens with one attached hydrogen (secondary N) is 2. The summed E-state index contributed by atoms with van der Waals surface area (Å²) in [6.07, 6.45) is 2.61. The Morgan fingerprint density at radius 1 is 1.13 bits per heavy atom. The Balaban J connectivity index is 1.44. The van der Waals surface area contributed by atoms with E-state index in [1.54, 1.807) is 42.5 Å². The number of nitrogens with zero attached hydrogens (tertiary/aromatic N) is 1. The van der Waals surface area contributed by atoms with E-state index >= 15 is 0 Å². The number of fused-ring (bicyclic) bond motifs is 1. The Hall–Kier alpha value is -2.58. The Kier molecular flexibility index (Phi) is 7.33. The lowest BCUT2D eigenvalue weighted by Gasteiger charge is -2.12. The maximum Gasteiger partial charge on any atom is 0.263 e. The fourth-order valence-corrected chi connectivity index (χ4v) is 4.61. The van der Waals surface area contributed by atoms with E-state index in [0.29, 0.717) is 53.9 Å². The predicted molar refractivity (Wildman–Crippen MR) is 118 cm³/mol. The van der Waals surface area contributed by atoms with Crippen LogP contribution >= 0.6 is 11.6 Å². The highest BCUT2D eigenvalue weighted by Crippen LogP contribution is 2.33. The van der Waals surface area contributed by atoms with E-state index in [9.17, 15) is 13.2 Å². The monoisotopic (exact) mass is 449 g/mol. The van der Waals surface area contributed by atoms with Gasteiger partial charge in [0, 0.05) is 18.5 Å². The SMILES string of the molecule is CCOc1c(Cl)cccc1NC(=O)CCCCCN=C1NS(=O)(=O)c2ccccc21. The second kappa shape index (κ2) is 9.95. The molecule has 0 saturated carbocycles. The van der Waals surface area contributed by atoms with Gasteiger partial charge in [0.25, 0.3) is 10.0 Å². The number of ether oxygens (including phenoxy) is 1. The summed E-state index contributed by atoms with van der Waals surface area (Å²) in [6, 6.07) is 12.0. The van der Waals surface area contributed by atoms with E-state index in [1.165, 1.54) is 0 Å². The van der Waals surface area contributed by atoms with Crippen LogP contribution in [0.3, 0.4) is 0 Å². The topological polar surface area (TPSA) is 96.9 Å². The first-order valence-corrected chi connectivity index (χ1v) is 11.7. The van der Waals surface area contributed by atoms with E-state index in [-0.39, 0.29) is 10.8 Å². The first-order chi connectivity index (χ1) is 14.4. The van der Waals surface area contributed by atoms with E-state index in [1.807, 2.05) is 6.92 Å². The number of hydrogen-bond acceptors (Lipinski definition) is 5. The van der Waals surface area contributed by atoms with Gasteiger partial charge in [0.05, 0.1) is 22.2 Å². The molecule has 2 N–H and O–H groups in total. The molecule has 0 radical (unpaired) electrons. The van der Waals surface area contributed by atoms with Crippen molar-refractivity contribution in [2.45, 2.75) is 37.5 Å². The number of carbonyl (C=O) groups excluding carboxylic acids is 1. The normalized spacial score (nSPS) is 15.5. The molecule has 0 atom stereocenters. The molecule has 2 aromatic carbocycles. The van der Waals surface area contributed by atoms with Gasteiger partial charge in [-0.15, -0.1) is 0 Å². The molecule has 0 fully saturated rings. The molecule has 7 nitrogen and oxygen atoms in total. The molecule has 1 aliphatic rings. The number of anilines is 1. The van der Waals surface area contributed by atoms with Crippen molar-refractivity contribution in [3.05, 3.63) is 53.1 Å². The lowest BCUT2D eigenvalue weighted by Crippen LogP contribution is -2.22. The fourth-order valence-electron chi connectivity index (χ4n) is 3.13. The lowest BCUT2D eigenvalue weighted by molar-refractivity contribution is -0.116. The molecule has 30 heavy (non-hydrogen) atoms. The van der Waals surface area contributed by atoms with E-state index in [0.717, 1.165) is 12.8 Å². The molecule has 0 aliphatic carbocycles. The van der Waals surface area contributed by atoms with Gasteiger partial charge in [-0.2, -0.15) is 0 Å².